The second-order valence-electron chi connectivity index (χ2n) is 3.48. The van der Waals surface area contributed by atoms with Crippen LogP contribution in [-0.2, 0) is 9.53 Å². The lowest BCUT2D eigenvalue weighted by atomic mass is 10.1. The number of nitrogens with one attached hydrogen (secondary N) is 1. The molecule has 1 N–H and O–H groups in total. The summed E-state index contributed by atoms with van der Waals surface area (Å²) in [4.78, 5) is 11.0. The molecule has 1 aliphatic rings. The van der Waals surface area contributed by atoms with E-state index < -0.39 is 0 Å². The summed E-state index contributed by atoms with van der Waals surface area (Å²) >= 11 is 0. The molecule has 0 aromatic heterocycles. The van der Waals surface area contributed by atoms with Crippen molar-refractivity contribution in [1.29, 1.82) is 0 Å². The van der Waals surface area contributed by atoms with E-state index in [1.165, 1.54) is 0 Å². The first kappa shape index (κ1) is 11.6. The van der Waals surface area contributed by atoms with Crippen molar-refractivity contribution in [2.24, 2.45) is 0 Å². The molecule has 15 heavy (non-hydrogen) atoms. The van der Waals surface area contributed by atoms with Gasteiger partial charge in [-0.1, -0.05) is 18.7 Å². The van der Waals surface area contributed by atoms with E-state index in [2.05, 4.69) is 24.0 Å². The van der Waals surface area contributed by atoms with Gasteiger partial charge >= 0.3 is 5.97 Å². The van der Waals surface area contributed by atoms with E-state index in [9.17, 15) is 4.79 Å². The number of carbonyl (C=O) groups excluding carboxylic acids is 1. The first-order valence-electron chi connectivity index (χ1n) is 5.13. The SMILES string of the molecule is C=C(C)C(=O)OCCNC1=CCCC=C1.[HH]. The van der Waals surface area contributed by atoms with Crippen molar-refractivity contribution in [1.82, 2.24) is 5.32 Å². The van der Waals surface area contributed by atoms with Crippen molar-refractivity contribution in [2.45, 2.75) is 19.8 Å². The Morgan fingerprint density at radius 2 is 2.47 bits per heavy atom. The summed E-state index contributed by atoms with van der Waals surface area (Å²) < 4.78 is 4.94. The Morgan fingerprint density at radius 1 is 1.67 bits per heavy atom. The summed E-state index contributed by atoms with van der Waals surface area (Å²) in [7, 11) is 0. The summed E-state index contributed by atoms with van der Waals surface area (Å²) in [5, 5.41) is 3.18. The Hall–Kier alpha value is -1.51. The van der Waals surface area contributed by atoms with Crippen LogP contribution in [0.4, 0.5) is 0 Å². The number of hydrogen-bond donors (Lipinski definition) is 1. The zero-order chi connectivity index (χ0) is 11.1. The van der Waals surface area contributed by atoms with E-state index in [0.29, 0.717) is 18.7 Å². The van der Waals surface area contributed by atoms with Crippen LogP contribution in [0.3, 0.4) is 0 Å². The standard InChI is InChI=1S/C12H17NO2.H2/c1-10(2)12(14)15-9-8-13-11-6-4-3-5-7-11;/h4,6-7,13H,1,3,5,8-9H2,2H3;1H. The Labute approximate surface area is 92.0 Å². The highest BCUT2D eigenvalue weighted by Gasteiger charge is 2.02. The number of carbonyl (C=O) groups is 1. The molecule has 0 amide bonds. The molecule has 0 radical (unpaired) electrons. The number of esters is 1. The molecule has 0 bridgehead atoms. The maximum absolute atomic E-state index is 11.0. The van der Waals surface area contributed by atoms with E-state index in [-0.39, 0.29) is 7.40 Å². The molecule has 0 saturated heterocycles. The van der Waals surface area contributed by atoms with Crippen LogP contribution >= 0.6 is 0 Å². The molecule has 0 aromatic carbocycles. The van der Waals surface area contributed by atoms with Gasteiger partial charge in [-0.15, -0.1) is 0 Å². The fraction of sp³-hybridized carbons (Fsp3) is 0.417. The van der Waals surface area contributed by atoms with Crippen LogP contribution in [0, 0.1) is 0 Å². The molecule has 3 nitrogen and oxygen atoms in total. The maximum Gasteiger partial charge on any atom is 0.333 e. The van der Waals surface area contributed by atoms with Crippen molar-refractivity contribution in [3.63, 3.8) is 0 Å². The predicted molar refractivity (Wildman–Crippen MR) is 62.3 cm³/mol. The highest BCUT2D eigenvalue weighted by atomic mass is 16.5. The van der Waals surface area contributed by atoms with Crippen LogP contribution in [0.5, 0.6) is 0 Å². The number of rotatable bonds is 5. The van der Waals surface area contributed by atoms with Gasteiger partial charge in [-0.2, -0.15) is 0 Å². The third kappa shape index (κ3) is 4.49. The largest absolute Gasteiger partial charge is 0.460 e. The lowest BCUT2D eigenvalue weighted by Crippen LogP contribution is -2.20. The summed E-state index contributed by atoms with van der Waals surface area (Å²) in [6.07, 6.45) is 8.49. The Balaban J connectivity index is 0.00000225. The van der Waals surface area contributed by atoms with Crippen LogP contribution in [0.1, 0.15) is 21.2 Å². The minimum absolute atomic E-state index is 0. The first-order chi connectivity index (χ1) is 7.20. The average molecular weight is 209 g/mol. The zero-order valence-electron chi connectivity index (χ0n) is 9.08. The monoisotopic (exact) mass is 209 g/mol. The minimum Gasteiger partial charge on any atom is -0.460 e. The van der Waals surface area contributed by atoms with Gasteiger partial charge in [-0.3, -0.25) is 0 Å². The van der Waals surface area contributed by atoms with E-state index >= 15 is 0 Å². The lowest BCUT2D eigenvalue weighted by molar-refractivity contribution is -0.138. The van der Waals surface area contributed by atoms with Crippen molar-refractivity contribution in [3.8, 4) is 0 Å². The van der Waals surface area contributed by atoms with Crippen molar-refractivity contribution < 1.29 is 11.0 Å². The molecular formula is C12H19NO2. The maximum atomic E-state index is 11.0. The number of hydrogen-bond acceptors (Lipinski definition) is 3. The summed E-state index contributed by atoms with van der Waals surface area (Å²) in [5.74, 6) is -0.329. The molecule has 0 spiro atoms. The van der Waals surface area contributed by atoms with Gasteiger partial charge < -0.3 is 10.1 Å². The van der Waals surface area contributed by atoms with Crippen molar-refractivity contribution in [3.05, 3.63) is 36.1 Å². The van der Waals surface area contributed by atoms with Gasteiger partial charge in [0.2, 0.25) is 0 Å². The Morgan fingerprint density at radius 3 is 3.07 bits per heavy atom. The fourth-order valence-electron chi connectivity index (χ4n) is 1.21. The van der Waals surface area contributed by atoms with E-state index in [0.717, 1.165) is 18.5 Å². The highest BCUT2D eigenvalue weighted by molar-refractivity contribution is 5.86. The average Bonchev–Trinajstić information content (AvgIpc) is 2.25. The third-order valence-corrected chi connectivity index (χ3v) is 2.01. The summed E-state index contributed by atoms with van der Waals surface area (Å²) in [6, 6.07) is 0. The first-order valence-corrected chi connectivity index (χ1v) is 5.13. The molecule has 0 heterocycles. The molecular weight excluding hydrogens is 190 g/mol. The topological polar surface area (TPSA) is 38.3 Å². The van der Waals surface area contributed by atoms with Crippen LogP contribution in [0.2, 0.25) is 0 Å². The van der Waals surface area contributed by atoms with Crippen LogP contribution < -0.4 is 5.32 Å². The zero-order valence-corrected chi connectivity index (χ0v) is 9.08. The van der Waals surface area contributed by atoms with Crippen LogP contribution in [-0.4, -0.2) is 19.1 Å². The normalized spacial score (nSPS) is 14.3. The molecule has 0 fully saturated rings. The van der Waals surface area contributed by atoms with E-state index in [4.69, 9.17) is 4.74 Å². The Bertz CT molecular complexity index is 308. The molecule has 3 heteroatoms. The second-order valence-corrected chi connectivity index (χ2v) is 3.48. The summed E-state index contributed by atoms with van der Waals surface area (Å²) in [6.45, 7) is 6.15. The second kappa shape index (κ2) is 6.06. The van der Waals surface area contributed by atoms with Crippen LogP contribution in [0.15, 0.2) is 36.1 Å². The smallest absolute Gasteiger partial charge is 0.333 e. The molecule has 0 unspecified atom stereocenters. The van der Waals surface area contributed by atoms with Gasteiger partial charge in [-0.25, -0.2) is 4.79 Å². The molecule has 0 aliphatic heterocycles. The molecule has 0 saturated carbocycles. The highest BCUT2D eigenvalue weighted by Crippen LogP contribution is 2.06. The minimum atomic E-state index is -0.329. The quantitative estimate of drug-likeness (QED) is 0.428. The third-order valence-electron chi connectivity index (χ3n) is 2.01. The molecule has 1 aliphatic carbocycles. The molecule has 0 atom stereocenters. The van der Waals surface area contributed by atoms with Crippen molar-refractivity contribution >= 4 is 5.97 Å². The summed E-state index contributed by atoms with van der Waals surface area (Å²) in [5.41, 5.74) is 1.54. The predicted octanol–water partition coefficient (Wildman–Crippen LogP) is 2.18. The van der Waals surface area contributed by atoms with Gasteiger partial charge in [0.15, 0.2) is 0 Å². The number of ether oxygens (including phenoxy) is 1. The molecule has 84 valence electrons. The molecule has 1 rings (SSSR count). The Kier molecular flexibility index (Phi) is 4.68. The van der Waals surface area contributed by atoms with E-state index in [1.54, 1.807) is 6.92 Å². The van der Waals surface area contributed by atoms with E-state index in [1.807, 2.05) is 6.08 Å². The fourth-order valence-corrected chi connectivity index (χ4v) is 1.21. The van der Waals surface area contributed by atoms with Gasteiger partial charge in [-0.05, 0) is 25.8 Å². The van der Waals surface area contributed by atoms with Gasteiger partial charge in [0, 0.05) is 19.2 Å². The van der Waals surface area contributed by atoms with Crippen molar-refractivity contribution in [2.75, 3.05) is 13.2 Å². The van der Waals surface area contributed by atoms with Gasteiger partial charge in [0.1, 0.15) is 6.61 Å². The number of allylic oxidation sites excluding steroid dienone is 3. The molecule has 0 aromatic rings. The lowest BCUT2D eigenvalue weighted by Gasteiger charge is -2.10. The van der Waals surface area contributed by atoms with Gasteiger partial charge in [0.25, 0.3) is 0 Å². The van der Waals surface area contributed by atoms with Crippen LogP contribution in [0.25, 0.3) is 0 Å². The van der Waals surface area contributed by atoms with Gasteiger partial charge in [0.05, 0.1) is 0 Å².